The quantitative estimate of drug-likeness (QED) is 0.189. The van der Waals surface area contributed by atoms with Crippen molar-refractivity contribution in [3.63, 3.8) is 0 Å². The van der Waals surface area contributed by atoms with Crippen LogP contribution in [-0.2, 0) is 0 Å². The smallest absolute Gasteiger partial charge is 0.0554 e. The molecule has 0 atom stereocenters. The summed E-state index contributed by atoms with van der Waals surface area (Å²) in [4.78, 5) is 2.40. The van der Waals surface area contributed by atoms with Gasteiger partial charge >= 0.3 is 0 Å². The van der Waals surface area contributed by atoms with Crippen molar-refractivity contribution >= 4 is 48.6 Å². The Labute approximate surface area is 261 Å². The number of para-hydroxylation sites is 1. The van der Waals surface area contributed by atoms with Gasteiger partial charge in [-0.2, -0.15) is 0 Å². The first-order chi connectivity index (χ1) is 21.8. The van der Waals surface area contributed by atoms with Crippen LogP contribution in [0.3, 0.4) is 0 Å². The lowest BCUT2D eigenvalue weighted by Gasteiger charge is -2.28. The second-order valence-corrected chi connectivity index (χ2v) is 12.1. The van der Waals surface area contributed by atoms with Crippen molar-refractivity contribution in [3.8, 4) is 33.4 Å². The number of hydrogen-bond donors (Lipinski definition) is 0. The van der Waals surface area contributed by atoms with E-state index in [4.69, 9.17) is 0 Å². The van der Waals surface area contributed by atoms with Gasteiger partial charge in [-0.25, -0.2) is 0 Å². The average Bonchev–Trinajstić information content (AvgIpc) is 3.47. The monoisotopic (exact) mass is 579 g/mol. The molecule has 1 nitrogen and oxygen atoms in total. The number of fused-ring (bicyclic) bond motifs is 3. The largest absolute Gasteiger partial charge is 0.310 e. The van der Waals surface area contributed by atoms with Crippen LogP contribution < -0.4 is 4.90 Å². The molecule has 1 aromatic heterocycles. The van der Waals surface area contributed by atoms with E-state index in [-0.39, 0.29) is 0 Å². The van der Waals surface area contributed by atoms with Gasteiger partial charge in [0.2, 0.25) is 0 Å². The average molecular weight is 580 g/mol. The topological polar surface area (TPSA) is 3.24 Å². The summed E-state index contributed by atoms with van der Waals surface area (Å²) in [5, 5.41) is 2.60. The minimum Gasteiger partial charge on any atom is -0.310 e. The zero-order valence-corrected chi connectivity index (χ0v) is 24.9. The number of anilines is 3. The summed E-state index contributed by atoms with van der Waals surface area (Å²) in [5.74, 6) is 0. The Hall–Kier alpha value is -5.44. The van der Waals surface area contributed by atoms with Gasteiger partial charge < -0.3 is 4.90 Å². The first kappa shape index (κ1) is 26.2. The predicted octanol–water partition coefficient (Wildman–Crippen LogP) is 12.5. The Balaban J connectivity index is 1.34. The van der Waals surface area contributed by atoms with Gasteiger partial charge in [0.05, 0.1) is 5.69 Å². The lowest BCUT2D eigenvalue weighted by molar-refractivity contribution is 1.29. The van der Waals surface area contributed by atoms with Crippen molar-refractivity contribution in [1.82, 2.24) is 0 Å². The van der Waals surface area contributed by atoms with Crippen LogP contribution in [0.4, 0.5) is 17.1 Å². The maximum atomic E-state index is 2.40. The molecule has 0 spiro atoms. The second kappa shape index (κ2) is 11.3. The Morgan fingerprint density at radius 2 is 0.818 bits per heavy atom. The van der Waals surface area contributed by atoms with E-state index in [0.717, 1.165) is 17.1 Å². The summed E-state index contributed by atoms with van der Waals surface area (Å²) >= 11 is 1.86. The molecule has 0 unspecified atom stereocenters. The number of benzene rings is 7. The molecule has 0 saturated heterocycles. The van der Waals surface area contributed by atoms with Crippen LogP contribution in [0, 0.1) is 0 Å². The molecule has 1 heterocycles. The zero-order chi connectivity index (χ0) is 29.3. The molecule has 2 heteroatoms. The fourth-order valence-corrected chi connectivity index (χ4v) is 7.21. The fourth-order valence-electron chi connectivity index (χ4n) is 6.09. The van der Waals surface area contributed by atoms with E-state index < -0.39 is 0 Å². The summed E-state index contributed by atoms with van der Waals surface area (Å²) in [5.41, 5.74) is 10.7. The van der Waals surface area contributed by atoms with E-state index in [2.05, 4.69) is 181 Å². The third-order valence-corrected chi connectivity index (χ3v) is 9.42. The molecule has 8 aromatic rings. The van der Waals surface area contributed by atoms with Crippen molar-refractivity contribution in [2.45, 2.75) is 0 Å². The van der Waals surface area contributed by atoms with E-state index in [0.29, 0.717) is 0 Å². The Kier molecular flexibility index (Phi) is 6.75. The highest BCUT2D eigenvalue weighted by Crippen LogP contribution is 2.46. The van der Waals surface area contributed by atoms with Crippen molar-refractivity contribution in [2.24, 2.45) is 0 Å². The number of hydrogen-bond acceptors (Lipinski definition) is 2. The van der Waals surface area contributed by atoms with Gasteiger partial charge in [0, 0.05) is 37.1 Å². The number of thiophene rings is 1. The molecule has 0 amide bonds. The van der Waals surface area contributed by atoms with Gasteiger partial charge in [-0.05, 0) is 70.3 Å². The van der Waals surface area contributed by atoms with Gasteiger partial charge in [0.25, 0.3) is 0 Å². The Bertz CT molecular complexity index is 2180. The van der Waals surface area contributed by atoms with Gasteiger partial charge in [-0.1, -0.05) is 133 Å². The van der Waals surface area contributed by atoms with Crippen LogP contribution in [0.15, 0.2) is 176 Å². The van der Waals surface area contributed by atoms with E-state index >= 15 is 0 Å². The lowest BCUT2D eigenvalue weighted by atomic mass is 9.96. The van der Waals surface area contributed by atoms with Crippen molar-refractivity contribution in [1.29, 1.82) is 0 Å². The maximum Gasteiger partial charge on any atom is 0.0554 e. The summed E-state index contributed by atoms with van der Waals surface area (Å²) in [6, 6.07) is 63.4. The minimum absolute atomic E-state index is 1.12. The number of nitrogens with zero attached hydrogens (tertiary/aromatic N) is 1. The molecule has 44 heavy (non-hydrogen) atoms. The third kappa shape index (κ3) is 4.86. The Morgan fingerprint density at radius 3 is 1.45 bits per heavy atom. The third-order valence-electron chi connectivity index (χ3n) is 8.29. The standard InChI is InChI=1S/C42H29NS/c1-4-12-30(13-5-1)32-20-22-34(23-21-32)38-28-39-37-18-10-11-19-41(37)44-42(39)29-40(38)43(35-16-8-3-9-17-35)36-26-24-33(25-27-36)31-14-6-2-7-15-31/h1-29H. The van der Waals surface area contributed by atoms with E-state index in [9.17, 15) is 0 Å². The maximum absolute atomic E-state index is 2.40. The molecule has 0 aliphatic carbocycles. The molecule has 0 N–H and O–H groups in total. The molecule has 0 aliphatic rings. The SMILES string of the molecule is c1ccc(-c2ccc(-c3cc4c(cc3N(c3ccccc3)c3ccc(-c5ccccc5)cc3)sc3ccccc34)cc2)cc1. The lowest BCUT2D eigenvalue weighted by Crippen LogP contribution is -2.11. The normalized spacial score (nSPS) is 11.2. The van der Waals surface area contributed by atoms with E-state index in [1.165, 1.54) is 53.6 Å². The van der Waals surface area contributed by atoms with Crippen molar-refractivity contribution in [3.05, 3.63) is 176 Å². The molecule has 8 rings (SSSR count). The molecule has 0 bridgehead atoms. The Morgan fingerprint density at radius 1 is 0.341 bits per heavy atom. The fraction of sp³-hybridized carbons (Fsp3) is 0. The van der Waals surface area contributed by atoms with Crippen LogP contribution in [0.2, 0.25) is 0 Å². The van der Waals surface area contributed by atoms with Crippen LogP contribution >= 0.6 is 11.3 Å². The summed E-state index contributed by atoms with van der Waals surface area (Å²) < 4.78 is 2.59. The molecule has 0 aliphatic heterocycles. The van der Waals surface area contributed by atoms with Crippen molar-refractivity contribution < 1.29 is 0 Å². The molecular formula is C42H29NS. The molecule has 208 valence electrons. The summed E-state index contributed by atoms with van der Waals surface area (Å²) in [6.45, 7) is 0. The molecule has 0 saturated carbocycles. The molecular weight excluding hydrogens is 551 g/mol. The molecule has 0 fully saturated rings. The van der Waals surface area contributed by atoms with E-state index in [1.54, 1.807) is 0 Å². The van der Waals surface area contributed by atoms with Gasteiger partial charge in [0.1, 0.15) is 0 Å². The summed E-state index contributed by atoms with van der Waals surface area (Å²) in [7, 11) is 0. The predicted molar refractivity (Wildman–Crippen MR) is 190 cm³/mol. The molecule has 0 radical (unpaired) electrons. The van der Waals surface area contributed by atoms with Crippen LogP contribution in [0.5, 0.6) is 0 Å². The zero-order valence-electron chi connectivity index (χ0n) is 24.1. The highest BCUT2D eigenvalue weighted by molar-refractivity contribution is 7.25. The van der Waals surface area contributed by atoms with E-state index in [1.807, 2.05) is 11.3 Å². The summed E-state index contributed by atoms with van der Waals surface area (Å²) in [6.07, 6.45) is 0. The first-order valence-electron chi connectivity index (χ1n) is 14.9. The van der Waals surface area contributed by atoms with Crippen LogP contribution in [0.1, 0.15) is 0 Å². The van der Waals surface area contributed by atoms with Gasteiger partial charge in [0.15, 0.2) is 0 Å². The van der Waals surface area contributed by atoms with Crippen molar-refractivity contribution in [2.75, 3.05) is 4.90 Å². The number of rotatable bonds is 6. The van der Waals surface area contributed by atoms with Crippen LogP contribution in [0.25, 0.3) is 53.6 Å². The minimum atomic E-state index is 1.12. The van der Waals surface area contributed by atoms with Gasteiger partial charge in [-0.15, -0.1) is 11.3 Å². The highest BCUT2D eigenvalue weighted by Gasteiger charge is 2.20. The molecule has 7 aromatic carbocycles. The first-order valence-corrected chi connectivity index (χ1v) is 15.8. The van der Waals surface area contributed by atoms with Gasteiger partial charge in [-0.3, -0.25) is 0 Å². The van der Waals surface area contributed by atoms with Crippen LogP contribution in [-0.4, -0.2) is 0 Å². The highest BCUT2D eigenvalue weighted by atomic mass is 32.1. The second-order valence-electron chi connectivity index (χ2n) is 11.0.